The van der Waals surface area contributed by atoms with Crippen molar-refractivity contribution in [2.75, 3.05) is 12.9 Å². The van der Waals surface area contributed by atoms with E-state index in [2.05, 4.69) is 42.7 Å². The minimum atomic E-state index is -0.295. The second kappa shape index (κ2) is 13.1. The van der Waals surface area contributed by atoms with Crippen LogP contribution in [0.5, 0.6) is 0 Å². The Hall–Kier alpha value is -2.15. The lowest BCUT2D eigenvalue weighted by Crippen LogP contribution is -2.56. The van der Waals surface area contributed by atoms with Crippen LogP contribution in [0.4, 0.5) is 0 Å². The average molecular weight is 479 g/mol. The maximum atomic E-state index is 10.3. The summed E-state index contributed by atoms with van der Waals surface area (Å²) >= 11 is 1.78. The van der Waals surface area contributed by atoms with Crippen LogP contribution in [0.1, 0.15) is 23.1 Å². The molecule has 4 nitrogen and oxygen atoms in total. The predicted octanol–water partition coefficient (Wildman–Crippen LogP) is 5.49. The summed E-state index contributed by atoms with van der Waals surface area (Å²) in [6.07, 6.45) is 2.22. The first-order valence-electron chi connectivity index (χ1n) is 11.9. The number of thioether (sulfide) groups is 1. The zero-order valence-electron chi connectivity index (χ0n) is 19.7. The zero-order chi connectivity index (χ0) is 23.6. The minimum absolute atomic E-state index is 0.0153. The van der Waals surface area contributed by atoms with Crippen molar-refractivity contribution in [1.82, 2.24) is 0 Å². The van der Waals surface area contributed by atoms with Crippen LogP contribution in [0.25, 0.3) is 0 Å². The molecule has 1 saturated carbocycles. The molecule has 5 heteroatoms. The Morgan fingerprint density at radius 3 is 1.47 bits per heavy atom. The van der Waals surface area contributed by atoms with E-state index in [-0.39, 0.29) is 36.1 Å². The van der Waals surface area contributed by atoms with Crippen LogP contribution in [0.15, 0.2) is 91.0 Å². The van der Waals surface area contributed by atoms with Gasteiger partial charge in [0.1, 0.15) is 6.10 Å². The Morgan fingerprint density at radius 1 is 0.647 bits per heavy atom. The molecule has 34 heavy (non-hydrogen) atoms. The third-order valence-electron chi connectivity index (χ3n) is 6.41. The van der Waals surface area contributed by atoms with Gasteiger partial charge in [-0.05, 0) is 29.4 Å². The van der Waals surface area contributed by atoms with Gasteiger partial charge in [-0.3, -0.25) is 0 Å². The molecule has 0 amide bonds. The molecule has 0 radical (unpaired) electrons. The average Bonchev–Trinajstić information content (AvgIpc) is 2.91. The van der Waals surface area contributed by atoms with Gasteiger partial charge in [-0.1, -0.05) is 91.0 Å². The van der Waals surface area contributed by atoms with Crippen LogP contribution in [0.2, 0.25) is 0 Å². The van der Waals surface area contributed by atoms with Gasteiger partial charge in [-0.15, -0.1) is 0 Å². The number of aliphatic hydroxyl groups is 1. The molecule has 1 aliphatic rings. The standard InChI is InChI=1S/C29H34O4S/c1-34-26-17-25(18-30)27(31-19-22-11-5-2-6-12-22)29(33-21-24-15-9-4-10-16-24)28(26)32-20-23-13-7-3-8-14-23/h2-16,25-30H,17-21H2,1H3/t25-,26-,27-,28+,29+/m1/s1. The summed E-state index contributed by atoms with van der Waals surface area (Å²) in [5, 5.41) is 10.5. The van der Waals surface area contributed by atoms with E-state index in [0.717, 1.165) is 23.1 Å². The summed E-state index contributed by atoms with van der Waals surface area (Å²) in [5.74, 6) is -0.0153. The van der Waals surface area contributed by atoms with Crippen molar-refractivity contribution in [2.24, 2.45) is 5.92 Å². The molecule has 0 heterocycles. The molecule has 4 rings (SSSR count). The Morgan fingerprint density at radius 2 is 1.06 bits per heavy atom. The maximum Gasteiger partial charge on any atom is 0.112 e. The number of rotatable bonds is 11. The highest BCUT2D eigenvalue weighted by Gasteiger charge is 2.46. The third-order valence-corrected chi connectivity index (χ3v) is 7.47. The topological polar surface area (TPSA) is 47.9 Å². The highest BCUT2D eigenvalue weighted by molar-refractivity contribution is 7.99. The molecule has 0 saturated heterocycles. The summed E-state index contributed by atoms with van der Waals surface area (Å²) in [7, 11) is 0. The van der Waals surface area contributed by atoms with Crippen molar-refractivity contribution in [3.8, 4) is 0 Å². The summed E-state index contributed by atoms with van der Waals surface area (Å²) in [5.41, 5.74) is 3.35. The molecule has 0 unspecified atom stereocenters. The first kappa shape index (κ1) is 25.0. The summed E-state index contributed by atoms with van der Waals surface area (Å²) in [6, 6.07) is 30.6. The fourth-order valence-electron chi connectivity index (χ4n) is 4.56. The Balaban J connectivity index is 1.56. The van der Waals surface area contributed by atoms with E-state index in [9.17, 15) is 5.11 Å². The second-order valence-corrected chi connectivity index (χ2v) is 9.81. The van der Waals surface area contributed by atoms with Gasteiger partial charge in [0, 0.05) is 17.8 Å². The highest BCUT2D eigenvalue weighted by atomic mass is 32.2. The van der Waals surface area contributed by atoms with Crippen molar-refractivity contribution < 1.29 is 19.3 Å². The largest absolute Gasteiger partial charge is 0.396 e. The quantitative estimate of drug-likeness (QED) is 0.395. The number of aliphatic hydroxyl groups excluding tert-OH is 1. The molecule has 1 fully saturated rings. The van der Waals surface area contributed by atoms with E-state index in [1.54, 1.807) is 11.8 Å². The van der Waals surface area contributed by atoms with Gasteiger partial charge in [-0.25, -0.2) is 0 Å². The normalized spacial score (nSPS) is 24.7. The smallest absolute Gasteiger partial charge is 0.112 e. The molecule has 3 aromatic rings. The van der Waals surface area contributed by atoms with E-state index in [1.807, 2.05) is 54.6 Å². The van der Waals surface area contributed by atoms with Gasteiger partial charge in [0.15, 0.2) is 0 Å². The van der Waals surface area contributed by atoms with Crippen LogP contribution in [0.3, 0.4) is 0 Å². The molecular weight excluding hydrogens is 444 g/mol. The lowest BCUT2D eigenvalue weighted by Gasteiger charge is -2.45. The van der Waals surface area contributed by atoms with E-state index < -0.39 is 0 Å². The van der Waals surface area contributed by atoms with Gasteiger partial charge in [-0.2, -0.15) is 11.8 Å². The predicted molar refractivity (Wildman–Crippen MR) is 138 cm³/mol. The molecule has 1 N–H and O–H groups in total. The molecule has 180 valence electrons. The number of benzene rings is 3. The molecule has 1 aliphatic carbocycles. The Kier molecular flexibility index (Phi) is 9.60. The van der Waals surface area contributed by atoms with E-state index in [0.29, 0.717) is 19.8 Å². The van der Waals surface area contributed by atoms with E-state index in [4.69, 9.17) is 14.2 Å². The molecular formula is C29H34O4S. The summed E-state index contributed by atoms with van der Waals surface area (Å²) < 4.78 is 19.6. The number of hydrogen-bond acceptors (Lipinski definition) is 5. The molecule has 3 aromatic carbocycles. The SMILES string of the molecule is CS[C@@H]1C[C@H](CO)[C@@H](OCc2ccccc2)[C@H](OCc2ccccc2)[C@H]1OCc1ccccc1. The van der Waals surface area contributed by atoms with Crippen LogP contribution < -0.4 is 0 Å². The second-order valence-electron chi connectivity index (χ2n) is 8.74. The van der Waals surface area contributed by atoms with E-state index in [1.165, 1.54) is 0 Å². The van der Waals surface area contributed by atoms with Crippen LogP contribution in [-0.2, 0) is 34.0 Å². The fourth-order valence-corrected chi connectivity index (χ4v) is 5.51. The lowest BCUT2D eigenvalue weighted by molar-refractivity contribution is -0.189. The fraction of sp³-hybridized carbons (Fsp3) is 0.379. The van der Waals surface area contributed by atoms with Gasteiger partial charge in [0.2, 0.25) is 0 Å². The number of ether oxygens (including phenoxy) is 3. The van der Waals surface area contributed by atoms with Crippen molar-refractivity contribution in [1.29, 1.82) is 0 Å². The summed E-state index contributed by atoms with van der Waals surface area (Å²) in [6.45, 7) is 1.53. The maximum absolute atomic E-state index is 10.3. The first-order valence-corrected chi connectivity index (χ1v) is 13.2. The monoisotopic (exact) mass is 478 g/mol. The number of hydrogen-bond donors (Lipinski definition) is 1. The van der Waals surface area contributed by atoms with Crippen LogP contribution >= 0.6 is 11.8 Å². The third kappa shape index (κ3) is 6.71. The van der Waals surface area contributed by atoms with Gasteiger partial charge >= 0.3 is 0 Å². The molecule has 0 aliphatic heterocycles. The van der Waals surface area contributed by atoms with Crippen LogP contribution in [0, 0.1) is 5.92 Å². The van der Waals surface area contributed by atoms with Crippen molar-refractivity contribution in [3.05, 3.63) is 108 Å². The van der Waals surface area contributed by atoms with Crippen LogP contribution in [-0.4, -0.2) is 41.5 Å². The van der Waals surface area contributed by atoms with Gasteiger partial charge in [0.25, 0.3) is 0 Å². The minimum Gasteiger partial charge on any atom is -0.396 e. The molecule has 5 atom stereocenters. The highest BCUT2D eigenvalue weighted by Crippen LogP contribution is 2.38. The van der Waals surface area contributed by atoms with Gasteiger partial charge < -0.3 is 19.3 Å². The zero-order valence-corrected chi connectivity index (χ0v) is 20.5. The Labute approximate surface area is 207 Å². The molecule has 0 bridgehead atoms. The summed E-state index contributed by atoms with van der Waals surface area (Å²) in [4.78, 5) is 0. The van der Waals surface area contributed by atoms with Crippen molar-refractivity contribution >= 4 is 11.8 Å². The first-order chi connectivity index (χ1) is 16.8. The molecule has 0 aromatic heterocycles. The lowest BCUT2D eigenvalue weighted by atomic mass is 9.82. The van der Waals surface area contributed by atoms with Crippen molar-refractivity contribution in [2.45, 2.75) is 49.8 Å². The Bertz CT molecular complexity index is 896. The van der Waals surface area contributed by atoms with Gasteiger partial charge in [0.05, 0.1) is 32.0 Å². The van der Waals surface area contributed by atoms with Crippen molar-refractivity contribution in [3.63, 3.8) is 0 Å². The molecule has 0 spiro atoms. The van der Waals surface area contributed by atoms with E-state index >= 15 is 0 Å².